The highest BCUT2D eigenvalue weighted by Gasteiger charge is 2.15. The standard InChI is InChI=1S/C11H8N4O2/c1-15-7-5-3-2-4-6(7)12-8-9(15)13-11(17)14-10(8)16/h2-5H,1H3,(H,14,16,17). The van der Waals surface area contributed by atoms with Gasteiger partial charge in [-0.2, -0.15) is 4.98 Å². The molecule has 1 aromatic carbocycles. The van der Waals surface area contributed by atoms with Crippen molar-refractivity contribution in [1.29, 1.82) is 0 Å². The number of para-hydroxylation sites is 2. The van der Waals surface area contributed by atoms with Crippen LogP contribution >= 0.6 is 0 Å². The predicted molar refractivity (Wildman–Crippen MR) is 62.0 cm³/mol. The molecule has 0 saturated heterocycles. The molecule has 2 heterocycles. The van der Waals surface area contributed by atoms with Crippen molar-refractivity contribution in [2.24, 2.45) is 7.05 Å². The summed E-state index contributed by atoms with van der Waals surface area (Å²) in [6.45, 7) is 0. The van der Waals surface area contributed by atoms with Crippen LogP contribution in [0.5, 0.6) is 0 Å². The van der Waals surface area contributed by atoms with Gasteiger partial charge in [0.25, 0.3) is 5.56 Å². The number of hydrogen-bond acceptors (Lipinski definition) is 4. The molecular formula is C11H8N4O2. The minimum Gasteiger partial charge on any atom is -0.325 e. The Balaban J connectivity index is 2.64. The van der Waals surface area contributed by atoms with Crippen LogP contribution in [0, 0.1) is 0 Å². The Kier molecular flexibility index (Phi) is 1.85. The van der Waals surface area contributed by atoms with Gasteiger partial charge in [0.05, 0.1) is 11.0 Å². The molecule has 0 fully saturated rings. The zero-order valence-corrected chi connectivity index (χ0v) is 8.97. The third-order valence-corrected chi connectivity index (χ3v) is 2.65. The Bertz CT molecular complexity index is 803. The molecule has 84 valence electrons. The molecule has 0 aliphatic carbocycles. The van der Waals surface area contributed by atoms with Crippen molar-refractivity contribution in [1.82, 2.24) is 19.5 Å². The minimum absolute atomic E-state index is 0.172. The van der Waals surface area contributed by atoms with Crippen molar-refractivity contribution in [2.45, 2.75) is 0 Å². The van der Waals surface area contributed by atoms with Gasteiger partial charge in [-0.25, -0.2) is 9.78 Å². The summed E-state index contributed by atoms with van der Waals surface area (Å²) >= 11 is 0. The number of nitrogens with one attached hydrogen (secondary N) is 1. The molecule has 1 N–H and O–H groups in total. The third-order valence-electron chi connectivity index (χ3n) is 2.65. The molecule has 0 radical (unpaired) electrons. The monoisotopic (exact) mass is 228 g/mol. The van der Waals surface area contributed by atoms with E-state index in [1.807, 2.05) is 18.2 Å². The topological polar surface area (TPSA) is 80.6 Å². The van der Waals surface area contributed by atoms with Crippen molar-refractivity contribution >= 4 is 11.0 Å². The van der Waals surface area contributed by atoms with Gasteiger partial charge in [-0.05, 0) is 12.1 Å². The number of aryl methyl sites for hydroxylation is 1. The lowest BCUT2D eigenvalue weighted by atomic mass is 10.2. The summed E-state index contributed by atoms with van der Waals surface area (Å²) in [5.41, 5.74) is 0.508. The number of fused-ring (bicyclic) bond motifs is 2. The first kappa shape index (κ1) is 9.71. The molecule has 2 aliphatic heterocycles. The third kappa shape index (κ3) is 1.34. The van der Waals surface area contributed by atoms with E-state index in [2.05, 4.69) is 15.0 Å². The van der Waals surface area contributed by atoms with Crippen molar-refractivity contribution in [3.8, 4) is 11.5 Å². The van der Waals surface area contributed by atoms with Crippen LogP contribution in [0.25, 0.3) is 22.6 Å². The van der Waals surface area contributed by atoms with Gasteiger partial charge in [-0.3, -0.25) is 9.78 Å². The predicted octanol–water partition coefficient (Wildman–Crippen LogP) is 0.122. The maximum atomic E-state index is 11.6. The second kappa shape index (κ2) is 3.24. The van der Waals surface area contributed by atoms with Crippen LogP contribution < -0.4 is 11.2 Å². The van der Waals surface area contributed by atoms with Crippen molar-refractivity contribution < 1.29 is 0 Å². The van der Waals surface area contributed by atoms with Crippen LogP contribution in [0.15, 0.2) is 33.9 Å². The fourth-order valence-electron chi connectivity index (χ4n) is 1.85. The molecule has 0 atom stereocenters. The molecule has 0 spiro atoms. The fourth-order valence-corrected chi connectivity index (χ4v) is 1.85. The molecule has 17 heavy (non-hydrogen) atoms. The number of aromatic amines is 1. The molecule has 6 heteroatoms. The van der Waals surface area contributed by atoms with Gasteiger partial charge in [-0.15, -0.1) is 0 Å². The van der Waals surface area contributed by atoms with Crippen LogP contribution in [0.1, 0.15) is 0 Å². The molecular weight excluding hydrogens is 220 g/mol. The largest absolute Gasteiger partial charge is 0.349 e. The Morgan fingerprint density at radius 1 is 1.18 bits per heavy atom. The number of aromatic nitrogens is 4. The number of hydrogen-bond donors (Lipinski definition) is 1. The Morgan fingerprint density at radius 3 is 2.76 bits per heavy atom. The Hall–Kier alpha value is -2.50. The van der Waals surface area contributed by atoms with E-state index in [0.29, 0.717) is 5.52 Å². The van der Waals surface area contributed by atoms with Gasteiger partial charge in [-0.1, -0.05) is 12.1 Å². The first-order valence-electron chi connectivity index (χ1n) is 5.02. The summed E-state index contributed by atoms with van der Waals surface area (Å²) < 4.78 is 1.69. The van der Waals surface area contributed by atoms with Crippen LogP contribution in [0.2, 0.25) is 0 Å². The lowest BCUT2D eigenvalue weighted by Crippen LogP contribution is -2.28. The minimum atomic E-state index is -0.657. The maximum Gasteiger partial charge on any atom is 0.349 e. The second-order valence-electron chi connectivity index (χ2n) is 3.70. The summed E-state index contributed by atoms with van der Waals surface area (Å²) in [7, 11) is 1.75. The van der Waals surface area contributed by atoms with E-state index in [1.165, 1.54) is 0 Å². The van der Waals surface area contributed by atoms with E-state index in [0.717, 1.165) is 5.52 Å². The zero-order chi connectivity index (χ0) is 12.0. The number of rotatable bonds is 0. The molecule has 0 unspecified atom stereocenters. The first-order chi connectivity index (χ1) is 8.16. The average molecular weight is 228 g/mol. The highest BCUT2D eigenvalue weighted by Crippen LogP contribution is 2.17. The van der Waals surface area contributed by atoms with E-state index in [-0.39, 0.29) is 11.5 Å². The average Bonchev–Trinajstić information content (AvgIpc) is 2.31. The molecule has 0 saturated carbocycles. The Labute approximate surface area is 94.9 Å². The van der Waals surface area contributed by atoms with E-state index >= 15 is 0 Å². The van der Waals surface area contributed by atoms with E-state index in [9.17, 15) is 9.59 Å². The van der Waals surface area contributed by atoms with Gasteiger partial charge >= 0.3 is 5.69 Å². The molecule has 3 rings (SSSR count). The van der Waals surface area contributed by atoms with Gasteiger partial charge < -0.3 is 4.57 Å². The quantitative estimate of drug-likeness (QED) is 0.554. The molecule has 0 bridgehead atoms. The summed E-state index contributed by atoms with van der Waals surface area (Å²) in [6, 6.07) is 7.36. The van der Waals surface area contributed by atoms with E-state index in [4.69, 9.17) is 0 Å². The maximum absolute atomic E-state index is 11.6. The smallest absolute Gasteiger partial charge is 0.325 e. The summed E-state index contributed by atoms with van der Waals surface area (Å²) in [5.74, 6) is 0.289. The van der Waals surface area contributed by atoms with Gasteiger partial charge in [0, 0.05) is 7.05 Å². The van der Waals surface area contributed by atoms with Crippen molar-refractivity contribution in [3.63, 3.8) is 0 Å². The van der Waals surface area contributed by atoms with Gasteiger partial charge in [0.15, 0.2) is 11.5 Å². The summed E-state index contributed by atoms with van der Waals surface area (Å²) in [6.07, 6.45) is 0. The zero-order valence-electron chi connectivity index (χ0n) is 8.97. The molecule has 2 aliphatic rings. The summed E-state index contributed by atoms with van der Waals surface area (Å²) in [5, 5.41) is 0. The normalized spacial score (nSPS) is 11.1. The first-order valence-corrected chi connectivity index (χ1v) is 5.02. The van der Waals surface area contributed by atoms with E-state index < -0.39 is 11.2 Å². The van der Waals surface area contributed by atoms with Crippen LogP contribution in [-0.4, -0.2) is 19.5 Å². The van der Waals surface area contributed by atoms with E-state index in [1.54, 1.807) is 17.7 Å². The molecule has 6 nitrogen and oxygen atoms in total. The molecule has 0 aromatic heterocycles. The fraction of sp³-hybridized carbons (Fsp3) is 0.0909. The second-order valence-corrected chi connectivity index (χ2v) is 3.70. The lowest BCUT2D eigenvalue weighted by molar-refractivity contribution is 0.870. The van der Waals surface area contributed by atoms with Crippen LogP contribution in [0.3, 0.4) is 0 Å². The van der Waals surface area contributed by atoms with Crippen LogP contribution in [-0.2, 0) is 7.05 Å². The van der Waals surface area contributed by atoms with Crippen LogP contribution in [0.4, 0.5) is 0 Å². The van der Waals surface area contributed by atoms with Gasteiger partial charge in [0.2, 0.25) is 0 Å². The Morgan fingerprint density at radius 2 is 1.94 bits per heavy atom. The number of benzene rings is 1. The SMILES string of the molecule is Cn1c2nc(=O)[nH]c(=O)c-2nc2ccccc21. The highest BCUT2D eigenvalue weighted by atomic mass is 16.2. The highest BCUT2D eigenvalue weighted by molar-refractivity contribution is 5.78. The number of H-pyrrole nitrogens is 1. The van der Waals surface area contributed by atoms with Crippen molar-refractivity contribution in [2.75, 3.05) is 0 Å². The molecule has 0 amide bonds. The van der Waals surface area contributed by atoms with Gasteiger partial charge in [0.1, 0.15) is 0 Å². The lowest BCUT2D eigenvalue weighted by Gasteiger charge is -2.11. The van der Waals surface area contributed by atoms with Crippen molar-refractivity contribution in [3.05, 3.63) is 45.1 Å². The number of nitrogens with zero attached hydrogens (tertiary/aromatic N) is 3. The molecule has 1 aromatic rings. The summed E-state index contributed by atoms with van der Waals surface area (Å²) in [4.78, 5) is 32.9.